The van der Waals surface area contributed by atoms with Crippen LogP contribution in [-0.2, 0) is 16.0 Å². The molecule has 32 heavy (non-hydrogen) atoms. The Labute approximate surface area is 189 Å². The summed E-state index contributed by atoms with van der Waals surface area (Å²) in [5, 5.41) is 8.85. The number of aromatic nitrogens is 4. The molecule has 1 fully saturated rings. The molecule has 1 saturated heterocycles. The van der Waals surface area contributed by atoms with Gasteiger partial charge in [0.25, 0.3) is 5.91 Å². The van der Waals surface area contributed by atoms with Crippen LogP contribution in [0, 0.1) is 0 Å². The molecule has 11 heteroatoms. The first-order valence-electron chi connectivity index (χ1n) is 10.2. The van der Waals surface area contributed by atoms with E-state index in [1.807, 2.05) is 6.26 Å². The number of nitrogens with one attached hydrogen (secondary N) is 1. The Morgan fingerprint density at radius 3 is 2.66 bits per heavy atom. The van der Waals surface area contributed by atoms with Crippen LogP contribution in [0.4, 0.5) is 5.82 Å². The smallest absolute Gasteiger partial charge is 0.338 e. The Balaban J connectivity index is 1.51. The van der Waals surface area contributed by atoms with E-state index >= 15 is 0 Å². The van der Waals surface area contributed by atoms with Gasteiger partial charge in [0.05, 0.1) is 49.6 Å². The average molecular weight is 457 g/mol. The normalized spacial score (nSPS) is 13.9. The van der Waals surface area contributed by atoms with Crippen LogP contribution in [0.1, 0.15) is 20.7 Å². The lowest BCUT2D eigenvalue weighted by molar-refractivity contribution is 0.0596. The lowest BCUT2D eigenvalue weighted by Crippen LogP contribution is -2.37. The van der Waals surface area contributed by atoms with Crippen LogP contribution in [0.5, 0.6) is 0 Å². The molecule has 0 aliphatic carbocycles. The van der Waals surface area contributed by atoms with Crippen LogP contribution in [0.15, 0.2) is 35.6 Å². The van der Waals surface area contributed by atoms with Crippen molar-refractivity contribution in [3.63, 3.8) is 0 Å². The number of hydrogen-bond donors (Lipinski definition) is 1. The van der Waals surface area contributed by atoms with Gasteiger partial charge in [-0.15, -0.1) is 0 Å². The maximum atomic E-state index is 12.6. The molecule has 0 unspecified atom stereocenters. The van der Waals surface area contributed by atoms with Gasteiger partial charge in [0.1, 0.15) is 5.82 Å². The standard InChI is InChI=1S/C21H24N6O4S/c1-30-20(29)15-6-4-3-5-14(15)19(28)22-7-8-27-18-16(13-23-27)17(24-21(25-18)32-2)26-9-11-31-12-10-26/h3-6,13H,7-12H2,1-2H3,(H,22,28). The number of carbonyl (C=O) groups is 2. The van der Waals surface area contributed by atoms with E-state index in [0.717, 1.165) is 29.9 Å². The van der Waals surface area contributed by atoms with Crippen molar-refractivity contribution < 1.29 is 19.1 Å². The van der Waals surface area contributed by atoms with Crippen molar-refractivity contribution in [3.8, 4) is 0 Å². The van der Waals surface area contributed by atoms with Crippen LogP contribution in [-0.4, -0.2) is 77.8 Å². The van der Waals surface area contributed by atoms with E-state index in [1.165, 1.54) is 18.9 Å². The minimum atomic E-state index is -0.550. The molecule has 1 aromatic carbocycles. The fourth-order valence-electron chi connectivity index (χ4n) is 3.53. The van der Waals surface area contributed by atoms with E-state index in [9.17, 15) is 9.59 Å². The average Bonchev–Trinajstić information content (AvgIpc) is 3.26. The summed E-state index contributed by atoms with van der Waals surface area (Å²) in [6.45, 7) is 3.59. The second-order valence-corrected chi connectivity index (χ2v) is 7.80. The summed E-state index contributed by atoms with van der Waals surface area (Å²) in [6, 6.07) is 6.55. The summed E-state index contributed by atoms with van der Waals surface area (Å²) in [7, 11) is 1.29. The zero-order valence-electron chi connectivity index (χ0n) is 17.9. The van der Waals surface area contributed by atoms with Gasteiger partial charge in [0.2, 0.25) is 0 Å². The Kier molecular flexibility index (Phi) is 6.86. The molecule has 1 amide bonds. The van der Waals surface area contributed by atoms with Crippen molar-refractivity contribution in [2.75, 3.05) is 51.1 Å². The highest BCUT2D eigenvalue weighted by molar-refractivity contribution is 7.98. The van der Waals surface area contributed by atoms with Gasteiger partial charge < -0.3 is 19.7 Å². The van der Waals surface area contributed by atoms with Crippen molar-refractivity contribution in [2.45, 2.75) is 11.7 Å². The number of methoxy groups -OCH3 is 1. The number of thioether (sulfide) groups is 1. The Hall–Kier alpha value is -3.18. The first kappa shape index (κ1) is 22.0. The lowest BCUT2D eigenvalue weighted by atomic mass is 10.1. The fourth-order valence-corrected chi connectivity index (χ4v) is 3.89. The van der Waals surface area contributed by atoms with Gasteiger partial charge >= 0.3 is 5.97 Å². The van der Waals surface area contributed by atoms with Gasteiger partial charge in [-0.25, -0.2) is 19.4 Å². The number of esters is 1. The topological polar surface area (TPSA) is 111 Å². The maximum absolute atomic E-state index is 12.6. The predicted octanol–water partition coefficient (Wildman–Crippen LogP) is 1.60. The van der Waals surface area contributed by atoms with Gasteiger partial charge in [0.15, 0.2) is 10.8 Å². The maximum Gasteiger partial charge on any atom is 0.338 e. The van der Waals surface area contributed by atoms with Crippen molar-refractivity contribution in [1.82, 2.24) is 25.1 Å². The molecule has 10 nitrogen and oxygen atoms in total. The monoisotopic (exact) mass is 456 g/mol. The number of nitrogens with zero attached hydrogens (tertiary/aromatic N) is 5. The SMILES string of the molecule is COC(=O)c1ccccc1C(=O)NCCn1ncc2c(N3CCOCC3)nc(SC)nc21. The van der Waals surface area contributed by atoms with Gasteiger partial charge in [0, 0.05) is 19.6 Å². The van der Waals surface area contributed by atoms with E-state index in [-0.39, 0.29) is 17.0 Å². The van der Waals surface area contributed by atoms with Crippen molar-refractivity contribution in [2.24, 2.45) is 0 Å². The summed E-state index contributed by atoms with van der Waals surface area (Å²) < 4.78 is 12.0. The molecule has 2 aromatic heterocycles. The van der Waals surface area contributed by atoms with Crippen molar-refractivity contribution in [1.29, 1.82) is 0 Å². The second kappa shape index (κ2) is 9.96. The highest BCUT2D eigenvalue weighted by Gasteiger charge is 2.20. The minimum absolute atomic E-state index is 0.226. The number of hydrogen-bond acceptors (Lipinski definition) is 9. The van der Waals surface area contributed by atoms with E-state index in [4.69, 9.17) is 14.5 Å². The molecular formula is C21H24N6O4S. The Morgan fingerprint density at radius 1 is 1.19 bits per heavy atom. The summed E-state index contributed by atoms with van der Waals surface area (Å²) >= 11 is 1.47. The van der Waals surface area contributed by atoms with E-state index in [1.54, 1.807) is 35.1 Å². The van der Waals surface area contributed by atoms with E-state index < -0.39 is 5.97 Å². The molecule has 1 aliphatic rings. The molecule has 1 aliphatic heterocycles. The zero-order valence-corrected chi connectivity index (χ0v) is 18.7. The molecule has 1 N–H and O–H groups in total. The van der Waals surface area contributed by atoms with E-state index in [0.29, 0.717) is 31.5 Å². The number of amides is 1. The van der Waals surface area contributed by atoms with Gasteiger partial charge in [-0.3, -0.25) is 4.79 Å². The third kappa shape index (κ3) is 4.53. The molecule has 0 atom stereocenters. The first-order valence-corrected chi connectivity index (χ1v) is 11.4. The Morgan fingerprint density at radius 2 is 1.94 bits per heavy atom. The van der Waals surface area contributed by atoms with E-state index in [2.05, 4.69) is 20.3 Å². The van der Waals surface area contributed by atoms with Gasteiger partial charge in [-0.05, 0) is 18.4 Å². The third-order valence-electron chi connectivity index (χ3n) is 5.13. The third-order valence-corrected chi connectivity index (χ3v) is 5.68. The van der Waals surface area contributed by atoms with Crippen LogP contribution in [0.3, 0.4) is 0 Å². The molecule has 168 valence electrons. The van der Waals surface area contributed by atoms with Crippen molar-refractivity contribution >= 4 is 40.5 Å². The molecular weight excluding hydrogens is 432 g/mol. The highest BCUT2D eigenvalue weighted by Crippen LogP contribution is 2.27. The van der Waals surface area contributed by atoms with Crippen LogP contribution in [0.25, 0.3) is 11.0 Å². The minimum Gasteiger partial charge on any atom is -0.465 e. The second-order valence-electron chi connectivity index (χ2n) is 7.03. The molecule has 4 rings (SSSR count). The number of morpholine rings is 1. The molecule has 3 heterocycles. The number of anilines is 1. The zero-order chi connectivity index (χ0) is 22.5. The highest BCUT2D eigenvalue weighted by atomic mass is 32.2. The summed E-state index contributed by atoms with van der Waals surface area (Å²) in [6.07, 6.45) is 3.70. The van der Waals surface area contributed by atoms with Gasteiger partial charge in [-0.2, -0.15) is 5.10 Å². The predicted molar refractivity (Wildman–Crippen MR) is 120 cm³/mol. The molecule has 0 bridgehead atoms. The van der Waals surface area contributed by atoms with Crippen molar-refractivity contribution in [3.05, 3.63) is 41.6 Å². The summed E-state index contributed by atoms with van der Waals surface area (Å²) in [5.41, 5.74) is 1.21. The summed E-state index contributed by atoms with van der Waals surface area (Å²) in [5.74, 6) is -0.0494. The molecule has 0 radical (unpaired) electrons. The van der Waals surface area contributed by atoms with Crippen LogP contribution >= 0.6 is 11.8 Å². The van der Waals surface area contributed by atoms with Crippen LogP contribution < -0.4 is 10.2 Å². The lowest BCUT2D eigenvalue weighted by Gasteiger charge is -2.28. The van der Waals surface area contributed by atoms with Gasteiger partial charge in [-0.1, -0.05) is 23.9 Å². The Bertz CT molecular complexity index is 1130. The quantitative estimate of drug-likeness (QED) is 0.322. The number of benzene rings is 1. The van der Waals surface area contributed by atoms with Crippen LogP contribution in [0.2, 0.25) is 0 Å². The first-order chi connectivity index (χ1) is 15.6. The summed E-state index contributed by atoms with van der Waals surface area (Å²) in [4.78, 5) is 36.1. The largest absolute Gasteiger partial charge is 0.465 e. The number of rotatable bonds is 7. The molecule has 3 aromatic rings. The number of carbonyl (C=O) groups excluding carboxylic acids is 2. The molecule has 0 saturated carbocycles. The fraction of sp³-hybridized carbons (Fsp3) is 0.381. The molecule has 0 spiro atoms. The number of fused-ring (bicyclic) bond motifs is 1. The number of ether oxygens (including phenoxy) is 2.